The van der Waals surface area contributed by atoms with Crippen LogP contribution >= 0.6 is 11.8 Å². The van der Waals surface area contributed by atoms with Crippen molar-refractivity contribution in [2.45, 2.75) is 19.8 Å². The normalized spacial score (nSPS) is 10.2. The van der Waals surface area contributed by atoms with Crippen LogP contribution < -0.4 is 0 Å². The molecule has 92 valence electrons. The van der Waals surface area contributed by atoms with E-state index in [9.17, 15) is 4.79 Å². The minimum atomic E-state index is -0.0333. The van der Waals surface area contributed by atoms with Crippen LogP contribution in [0.5, 0.6) is 5.75 Å². The molecule has 0 atom stereocenters. The molecule has 0 amide bonds. The summed E-state index contributed by atoms with van der Waals surface area (Å²) < 4.78 is 0. The standard InChI is InChI=1S/C14H18O2S/c1-3-4-9-17-10-11(2)14(16)12-5-7-13(15)8-6-12/h5-8,15H,2-4,9-10H2,1H3. The van der Waals surface area contributed by atoms with Crippen molar-refractivity contribution in [2.24, 2.45) is 0 Å². The molecule has 1 aromatic carbocycles. The molecule has 0 radical (unpaired) electrons. The van der Waals surface area contributed by atoms with E-state index in [1.54, 1.807) is 23.9 Å². The molecule has 0 fully saturated rings. The number of ketones is 1. The Balaban J connectivity index is 2.46. The van der Waals surface area contributed by atoms with E-state index < -0.39 is 0 Å². The summed E-state index contributed by atoms with van der Waals surface area (Å²) >= 11 is 1.74. The zero-order valence-electron chi connectivity index (χ0n) is 10.1. The molecule has 3 heteroatoms. The lowest BCUT2D eigenvalue weighted by atomic mass is 10.1. The number of benzene rings is 1. The highest BCUT2D eigenvalue weighted by Gasteiger charge is 2.09. The van der Waals surface area contributed by atoms with Gasteiger partial charge in [0.05, 0.1) is 0 Å². The molecule has 1 rings (SSSR count). The average molecular weight is 250 g/mol. The summed E-state index contributed by atoms with van der Waals surface area (Å²) in [5, 5.41) is 9.14. The highest BCUT2D eigenvalue weighted by Crippen LogP contribution is 2.16. The number of Topliss-reactive ketones (excluding diaryl/α,β-unsaturated/α-hetero) is 1. The summed E-state index contributed by atoms with van der Waals surface area (Å²) in [5.74, 6) is 1.89. The Labute approximate surface area is 107 Å². The van der Waals surface area contributed by atoms with Crippen LogP contribution in [0.15, 0.2) is 36.4 Å². The molecule has 0 unspecified atom stereocenters. The maximum Gasteiger partial charge on any atom is 0.189 e. The van der Waals surface area contributed by atoms with Gasteiger partial charge in [-0.2, -0.15) is 11.8 Å². The number of unbranched alkanes of at least 4 members (excludes halogenated alkanes) is 1. The van der Waals surface area contributed by atoms with Gasteiger partial charge in [0.1, 0.15) is 5.75 Å². The zero-order chi connectivity index (χ0) is 12.7. The van der Waals surface area contributed by atoms with Crippen molar-refractivity contribution in [3.8, 4) is 5.75 Å². The molecule has 0 aromatic heterocycles. The van der Waals surface area contributed by atoms with Crippen LogP contribution in [-0.4, -0.2) is 22.4 Å². The van der Waals surface area contributed by atoms with E-state index in [4.69, 9.17) is 5.11 Å². The second-order valence-electron chi connectivity index (χ2n) is 3.89. The van der Waals surface area contributed by atoms with E-state index in [-0.39, 0.29) is 11.5 Å². The Hall–Kier alpha value is -1.22. The largest absolute Gasteiger partial charge is 0.508 e. The molecule has 0 bridgehead atoms. The minimum absolute atomic E-state index is 0.0333. The molecule has 17 heavy (non-hydrogen) atoms. The third-order valence-corrected chi connectivity index (χ3v) is 3.50. The Kier molecular flexibility index (Phi) is 5.84. The third-order valence-electron chi connectivity index (χ3n) is 2.37. The second-order valence-corrected chi connectivity index (χ2v) is 4.99. The molecular weight excluding hydrogens is 232 g/mol. The lowest BCUT2D eigenvalue weighted by molar-refractivity contribution is 0.103. The first-order valence-electron chi connectivity index (χ1n) is 5.74. The second kappa shape index (κ2) is 7.17. The smallest absolute Gasteiger partial charge is 0.189 e. The zero-order valence-corrected chi connectivity index (χ0v) is 10.9. The van der Waals surface area contributed by atoms with Gasteiger partial charge in [0.25, 0.3) is 0 Å². The number of phenolic OH excluding ortho intramolecular Hbond substituents is 1. The topological polar surface area (TPSA) is 37.3 Å². The number of carbonyl (C=O) groups excluding carboxylic acids is 1. The van der Waals surface area contributed by atoms with E-state index in [0.29, 0.717) is 16.9 Å². The van der Waals surface area contributed by atoms with Crippen LogP contribution in [-0.2, 0) is 0 Å². The lowest BCUT2D eigenvalue weighted by Gasteiger charge is -2.05. The number of phenols is 1. The predicted octanol–water partition coefficient (Wildman–Crippen LogP) is 3.66. The average Bonchev–Trinajstić information content (AvgIpc) is 2.34. The van der Waals surface area contributed by atoms with Gasteiger partial charge in [0.15, 0.2) is 5.78 Å². The van der Waals surface area contributed by atoms with Gasteiger partial charge in [-0.05, 0) is 36.4 Å². The number of hydrogen-bond donors (Lipinski definition) is 1. The van der Waals surface area contributed by atoms with Crippen molar-refractivity contribution in [3.05, 3.63) is 42.0 Å². The Bertz CT molecular complexity index is 382. The van der Waals surface area contributed by atoms with Crippen LogP contribution in [0.3, 0.4) is 0 Å². The third kappa shape index (κ3) is 4.65. The Morgan fingerprint density at radius 1 is 1.35 bits per heavy atom. The van der Waals surface area contributed by atoms with Crippen LogP contribution in [0.2, 0.25) is 0 Å². The van der Waals surface area contributed by atoms with E-state index in [1.807, 2.05) is 0 Å². The maximum atomic E-state index is 11.9. The first kappa shape index (κ1) is 13.8. The molecule has 1 aromatic rings. The van der Waals surface area contributed by atoms with Crippen molar-refractivity contribution in [1.29, 1.82) is 0 Å². The summed E-state index contributed by atoms with van der Waals surface area (Å²) in [6, 6.07) is 6.29. The number of rotatable bonds is 7. The van der Waals surface area contributed by atoms with Gasteiger partial charge >= 0.3 is 0 Å². The molecule has 0 aliphatic carbocycles. The molecule has 0 saturated carbocycles. The number of hydrogen-bond acceptors (Lipinski definition) is 3. The Morgan fingerprint density at radius 2 is 2.00 bits per heavy atom. The molecule has 0 heterocycles. The summed E-state index contributed by atoms with van der Waals surface area (Å²) in [7, 11) is 0. The first-order chi connectivity index (χ1) is 8.15. The fraction of sp³-hybridized carbons (Fsp3) is 0.357. The molecule has 1 N–H and O–H groups in total. The maximum absolute atomic E-state index is 11.9. The van der Waals surface area contributed by atoms with E-state index >= 15 is 0 Å². The molecule has 2 nitrogen and oxygen atoms in total. The monoisotopic (exact) mass is 250 g/mol. The van der Waals surface area contributed by atoms with E-state index in [0.717, 1.165) is 5.75 Å². The Morgan fingerprint density at radius 3 is 2.59 bits per heavy atom. The van der Waals surface area contributed by atoms with Crippen LogP contribution in [0.1, 0.15) is 30.1 Å². The van der Waals surface area contributed by atoms with Gasteiger partial charge in [-0.25, -0.2) is 0 Å². The SMILES string of the molecule is C=C(CSCCCC)C(=O)c1ccc(O)cc1. The van der Waals surface area contributed by atoms with E-state index in [2.05, 4.69) is 13.5 Å². The van der Waals surface area contributed by atoms with Gasteiger partial charge in [0, 0.05) is 16.9 Å². The number of carbonyl (C=O) groups is 1. The fourth-order valence-electron chi connectivity index (χ4n) is 1.32. The van der Waals surface area contributed by atoms with Gasteiger partial charge in [-0.3, -0.25) is 4.79 Å². The minimum Gasteiger partial charge on any atom is -0.508 e. The van der Waals surface area contributed by atoms with Gasteiger partial charge in [-0.15, -0.1) is 0 Å². The fourth-order valence-corrected chi connectivity index (χ4v) is 2.34. The van der Waals surface area contributed by atoms with Gasteiger partial charge in [-0.1, -0.05) is 19.9 Å². The van der Waals surface area contributed by atoms with Crippen LogP contribution in [0.25, 0.3) is 0 Å². The van der Waals surface area contributed by atoms with Gasteiger partial charge in [0.2, 0.25) is 0 Å². The van der Waals surface area contributed by atoms with Crippen molar-refractivity contribution in [3.63, 3.8) is 0 Å². The van der Waals surface area contributed by atoms with Crippen molar-refractivity contribution in [2.75, 3.05) is 11.5 Å². The van der Waals surface area contributed by atoms with Crippen molar-refractivity contribution >= 4 is 17.5 Å². The summed E-state index contributed by atoms with van der Waals surface area (Å²) in [4.78, 5) is 11.9. The van der Waals surface area contributed by atoms with Crippen molar-refractivity contribution < 1.29 is 9.90 Å². The summed E-state index contributed by atoms with van der Waals surface area (Å²) in [6.45, 7) is 5.97. The number of aromatic hydroxyl groups is 1. The highest BCUT2D eigenvalue weighted by atomic mass is 32.2. The summed E-state index contributed by atoms with van der Waals surface area (Å²) in [6.07, 6.45) is 2.34. The van der Waals surface area contributed by atoms with Crippen LogP contribution in [0, 0.1) is 0 Å². The summed E-state index contributed by atoms with van der Waals surface area (Å²) in [5.41, 5.74) is 1.21. The molecule has 0 spiro atoms. The lowest BCUT2D eigenvalue weighted by Crippen LogP contribution is -2.04. The molecule has 0 aliphatic heterocycles. The highest BCUT2D eigenvalue weighted by molar-refractivity contribution is 7.99. The van der Waals surface area contributed by atoms with Crippen LogP contribution in [0.4, 0.5) is 0 Å². The van der Waals surface area contributed by atoms with Gasteiger partial charge < -0.3 is 5.11 Å². The predicted molar refractivity (Wildman–Crippen MR) is 73.8 cm³/mol. The first-order valence-corrected chi connectivity index (χ1v) is 6.90. The quantitative estimate of drug-likeness (QED) is 0.456. The molecule has 0 saturated heterocycles. The van der Waals surface area contributed by atoms with E-state index in [1.165, 1.54) is 25.0 Å². The molecule has 0 aliphatic rings. The van der Waals surface area contributed by atoms with Crippen molar-refractivity contribution in [1.82, 2.24) is 0 Å². The molecular formula is C14H18O2S. The number of thioether (sulfide) groups is 1.